The molecule has 1 amide bonds. The van der Waals surface area contributed by atoms with Gasteiger partial charge >= 0.3 is 6.18 Å². The Morgan fingerprint density at radius 3 is 2.63 bits per heavy atom. The fraction of sp³-hybridized carbons (Fsp3) is 0.455. The van der Waals surface area contributed by atoms with Crippen LogP contribution in [0.2, 0.25) is 0 Å². The summed E-state index contributed by atoms with van der Waals surface area (Å²) in [4.78, 5) is 16.6. The highest BCUT2D eigenvalue weighted by atomic mass is 79.9. The fourth-order valence-electron chi connectivity index (χ4n) is 2.21. The molecular weight excluding hydrogens is 327 g/mol. The molecule has 1 saturated heterocycles. The van der Waals surface area contributed by atoms with Crippen LogP contribution < -0.4 is 10.6 Å². The number of alkyl halides is 3. The van der Waals surface area contributed by atoms with E-state index >= 15 is 0 Å². The minimum Gasteiger partial charge on any atom is -0.369 e. The molecule has 1 fully saturated rings. The average molecular weight is 338 g/mol. The van der Waals surface area contributed by atoms with Crippen molar-refractivity contribution >= 4 is 27.7 Å². The summed E-state index contributed by atoms with van der Waals surface area (Å²) in [5, 5.41) is 0. The molecule has 2 N–H and O–H groups in total. The summed E-state index contributed by atoms with van der Waals surface area (Å²) in [6.07, 6.45) is -2.96. The number of carbonyl (C=O) groups is 1. The minimum absolute atomic E-state index is 0.0743. The topological polar surface area (TPSA) is 59.2 Å². The van der Waals surface area contributed by atoms with Crippen molar-refractivity contribution in [2.75, 3.05) is 18.0 Å². The summed E-state index contributed by atoms with van der Waals surface area (Å²) in [5.74, 6) is -3.54. The maximum absolute atomic E-state index is 12.9. The quantitative estimate of drug-likeness (QED) is 0.897. The number of anilines is 1. The van der Waals surface area contributed by atoms with Crippen LogP contribution in [0.3, 0.4) is 0 Å². The van der Waals surface area contributed by atoms with E-state index in [0.717, 1.165) is 0 Å². The number of hydrogen-bond acceptors (Lipinski definition) is 3. The number of hydrogen-bond donors (Lipinski definition) is 1. The Morgan fingerprint density at radius 2 is 2.16 bits per heavy atom. The maximum atomic E-state index is 12.9. The lowest BCUT2D eigenvalue weighted by atomic mass is 9.95. The van der Waals surface area contributed by atoms with Gasteiger partial charge in [-0.1, -0.05) is 0 Å². The van der Waals surface area contributed by atoms with Crippen LogP contribution >= 0.6 is 15.9 Å². The molecule has 4 nitrogen and oxygen atoms in total. The first kappa shape index (κ1) is 14.1. The molecule has 0 radical (unpaired) electrons. The zero-order valence-electron chi connectivity index (χ0n) is 9.69. The fourth-order valence-corrected chi connectivity index (χ4v) is 2.71. The Bertz CT molecular complexity index is 494. The Morgan fingerprint density at radius 1 is 1.47 bits per heavy atom. The Labute approximate surface area is 115 Å². The molecule has 2 atom stereocenters. The molecule has 0 unspecified atom stereocenters. The van der Waals surface area contributed by atoms with Crippen molar-refractivity contribution < 1.29 is 18.0 Å². The lowest BCUT2D eigenvalue weighted by Crippen LogP contribution is -2.37. The van der Waals surface area contributed by atoms with E-state index in [9.17, 15) is 18.0 Å². The van der Waals surface area contributed by atoms with E-state index in [1.165, 1.54) is 11.1 Å². The predicted molar refractivity (Wildman–Crippen MR) is 66.4 cm³/mol. The molecule has 1 aliphatic rings. The van der Waals surface area contributed by atoms with Gasteiger partial charge in [0.2, 0.25) is 5.91 Å². The van der Waals surface area contributed by atoms with Crippen molar-refractivity contribution in [3.8, 4) is 0 Å². The van der Waals surface area contributed by atoms with E-state index in [-0.39, 0.29) is 13.1 Å². The molecule has 104 valence electrons. The van der Waals surface area contributed by atoms with Gasteiger partial charge in [0.1, 0.15) is 5.82 Å². The summed E-state index contributed by atoms with van der Waals surface area (Å²) >= 11 is 3.23. The number of primary amides is 1. The van der Waals surface area contributed by atoms with Gasteiger partial charge in [-0.2, -0.15) is 13.2 Å². The lowest BCUT2D eigenvalue weighted by molar-refractivity contribution is -0.181. The molecule has 0 spiro atoms. The van der Waals surface area contributed by atoms with Crippen LogP contribution in [0.15, 0.2) is 22.8 Å². The van der Waals surface area contributed by atoms with Crippen molar-refractivity contribution in [3.63, 3.8) is 0 Å². The van der Waals surface area contributed by atoms with Crippen LogP contribution in [-0.2, 0) is 4.79 Å². The first-order chi connectivity index (χ1) is 8.80. The van der Waals surface area contributed by atoms with Gasteiger partial charge in [0.05, 0.1) is 16.3 Å². The van der Waals surface area contributed by atoms with Gasteiger partial charge in [0, 0.05) is 19.3 Å². The van der Waals surface area contributed by atoms with Crippen molar-refractivity contribution in [3.05, 3.63) is 22.8 Å². The highest BCUT2D eigenvalue weighted by Gasteiger charge is 2.52. The summed E-state index contributed by atoms with van der Waals surface area (Å²) in [6.45, 7) is -0.387. The zero-order chi connectivity index (χ0) is 14.2. The van der Waals surface area contributed by atoms with Crippen LogP contribution in [0.5, 0.6) is 0 Å². The van der Waals surface area contributed by atoms with Gasteiger partial charge in [-0.3, -0.25) is 4.79 Å². The second kappa shape index (κ2) is 4.99. The van der Waals surface area contributed by atoms with Crippen LogP contribution in [-0.4, -0.2) is 30.2 Å². The minimum atomic E-state index is -4.45. The third kappa shape index (κ3) is 2.83. The highest BCUT2D eigenvalue weighted by Crippen LogP contribution is 2.39. The summed E-state index contributed by atoms with van der Waals surface area (Å²) in [5.41, 5.74) is 5.07. The second-order valence-electron chi connectivity index (χ2n) is 4.37. The molecule has 2 rings (SSSR count). The van der Waals surface area contributed by atoms with Crippen molar-refractivity contribution in [2.24, 2.45) is 17.6 Å². The summed E-state index contributed by atoms with van der Waals surface area (Å²) in [7, 11) is 0. The SMILES string of the molecule is NC(=O)[C@@H]1CN(c2ncccc2Br)C[C@H]1C(F)(F)F. The molecule has 0 aliphatic carbocycles. The molecular formula is C11H11BrF3N3O. The van der Waals surface area contributed by atoms with Crippen molar-refractivity contribution in [1.29, 1.82) is 0 Å². The molecule has 0 saturated carbocycles. The predicted octanol–water partition coefficient (Wildman–Crippen LogP) is 1.94. The van der Waals surface area contributed by atoms with Crippen molar-refractivity contribution in [2.45, 2.75) is 6.18 Å². The van der Waals surface area contributed by atoms with E-state index in [0.29, 0.717) is 10.3 Å². The molecule has 2 heterocycles. The maximum Gasteiger partial charge on any atom is 0.394 e. The Hall–Kier alpha value is -1.31. The average Bonchev–Trinajstić information content (AvgIpc) is 2.74. The Kier molecular flexibility index (Phi) is 3.71. The van der Waals surface area contributed by atoms with Gasteiger partial charge < -0.3 is 10.6 Å². The molecule has 1 aliphatic heterocycles. The van der Waals surface area contributed by atoms with E-state index in [2.05, 4.69) is 20.9 Å². The van der Waals surface area contributed by atoms with Gasteiger partial charge in [0.15, 0.2) is 0 Å². The number of aromatic nitrogens is 1. The number of rotatable bonds is 2. The molecule has 19 heavy (non-hydrogen) atoms. The lowest BCUT2D eigenvalue weighted by Gasteiger charge is -2.19. The van der Waals surface area contributed by atoms with Gasteiger partial charge in [0.25, 0.3) is 0 Å². The zero-order valence-corrected chi connectivity index (χ0v) is 11.3. The molecule has 8 heteroatoms. The number of carbonyl (C=O) groups excluding carboxylic acids is 1. The summed E-state index contributed by atoms with van der Waals surface area (Å²) < 4.78 is 39.3. The molecule has 0 aromatic carbocycles. The van der Waals surface area contributed by atoms with Crippen LogP contribution in [0.4, 0.5) is 19.0 Å². The Balaban J connectivity index is 2.28. The van der Waals surface area contributed by atoms with Crippen LogP contribution in [0, 0.1) is 11.8 Å². The van der Waals surface area contributed by atoms with E-state index in [4.69, 9.17) is 5.73 Å². The van der Waals surface area contributed by atoms with Crippen LogP contribution in [0.25, 0.3) is 0 Å². The van der Waals surface area contributed by atoms with Gasteiger partial charge in [-0.15, -0.1) is 0 Å². The number of nitrogens with zero attached hydrogens (tertiary/aromatic N) is 2. The third-order valence-corrected chi connectivity index (χ3v) is 3.76. The third-order valence-electron chi connectivity index (χ3n) is 3.14. The standard InChI is InChI=1S/C11H11BrF3N3O/c12-8-2-1-3-17-10(8)18-4-6(9(16)19)7(5-18)11(13,14)15/h1-3,6-7H,4-5H2,(H2,16,19)/t6-,7-/m1/s1. The van der Waals surface area contributed by atoms with Crippen LogP contribution in [0.1, 0.15) is 0 Å². The van der Waals surface area contributed by atoms with E-state index < -0.39 is 23.9 Å². The first-order valence-corrected chi connectivity index (χ1v) is 6.31. The largest absolute Gasteiger partial charge is 0.394 e. The first-order valence-electron chi connectivity index (χ1n) is 5.52. The van der Waals surface area contributed by atoms with Gasteiger partial charge in [-0.05, 0) is 28.1 Å². The molecule has 0 bridgehead atoms. The van der Waals surface area contributed by atoms with E-state index in [1.807, 2.05) is 0 Å². The number of halogens is 4. The monoisotopic (exact) mass is 337 g/mol. The smallest absolute Gasteiger partial charge is 0.369 e. The highest BCUT2D eigenvalue weighted by molar-refractivity contribution is 9.10. The van der Waals surface area contributed by atoms with Crippen molar-refractivity contribution in [1.82, 2.24) is 4.98 Å². The second-order valence-corrected chi connectivity index (χ2v) is 5.23. The normalized spacial score (nSPS) is 23.7. The number of nitrogens with two attached hydrogens (primary N) is 1. The number of pyridine rings is 1. The molecule has 1 aromatic heterocycles. The van der Waals surface area contributed by atoms with E-state index in [1.54, 1.807) is 12.1 Å². The summed E-state index contributed by atoms with van der Waals surface area (Å²) in [6, 6.07) is 3.35. The van der Waals surface area contributed by atoms with Gasteiger partial charge in [-0.25, -0.2) is 4.98 Å². The number of amides is 1. The molecule has 1 aromatic rings.